The maximum absolute atomic E-state index is 11.7. The average Bonchev–Trinajstić information content (AvgIpc) is 3.26. The predicted octanol–water partition coefficient (Wildman–Crippen LogP) is 4.79. The van der Waals surface area contributed by atoms with Gasteiger partial charge in [-0.25, -0.2) is 0 Å². The Morgan fingerprint density at radius 2 is 2.07 bits per heavy atom. The highest BCUT2D eigenvalue weighted by Crippen LogP contribution is 2.42. The number of amides is 1. The number of nitrogens with zero attached hydrogens (tertiary/aromatic N) is 3. The molecule has 0 bridgehead atoms. The molecule has 27 heavy (non-hydrogen) atoms. The first-order valence-corrected chi connectivity index (χ1v) is 10.7. The molecule has 5 heteroatoms. The summed E-state index contributed by atoms with van der Waals surface area (Å²) in [5, 5.41) is 0. The summed E-state index contributed by atoms with van der Waals surface area (Å²) in [5.74, 6) is 1.00. The van der Waals surface area contributed by atoms with Gasteiger partial charge in [0, 0.05) is 31.9 Å². The zero-order chi connectivity index (χ0) is 18.2. The van der Waals surface area contributed by atoms with Crippen LogP contribution in [0.5, 0.6) is 0 Å². The second kappa shape index (κ2) is 7.04. The van der Waals surface area contributed by atoms with Crippen LogP contribution in [0.25, 0.3) is 20.8 Å². The number of likely N-dealkylation sites (tertiary alicyclic amines) is 1. The Kier molecular flexibility index (Phi) is 4.40. The van der Waals surface area contributed by atoms with Gasteiger partial charge in [0.2, 0.25) is 5.91 Å². The van der Waals surface area contributed by atoms with Crippen molar-refractivity contribution in [2.75, 3.05) is 13.1 Å². The van der Waals surface area contributed by atoms with Crippen molar-refractivity contribution >= 4 is 27.5 Å². The van der Waals surface area contributed by atoms with E-state index < -0.39 is 0 Å². The summed E-state index contributed by atoms with van der Waals surface area (Å²) in [4.78, 5) is 24.1. The highest BCUT2D eigenvalue weighted by Gasteiger charge is 2.23. The lowest BCUT2D eigenvalue weighted by molar-refractivity contribution is -0.127. The molecule has 0 N–H and O–H groups in total. The van der Waals surface area contributed by atoms with Crippen molar-refractivity contribution in [3.63, 3.8) is 0 Å². The molecule has 2 fully saturated rings. The van der Waals surface area contributed by atoms with E-state index in [1.165, 1.54) is 40.0 Å². The molecule has 0 unspecified atom stereocenters. The molecule has 0 atom stereocenters. The Morgan fingerprint density at radius 1 is 1.15 bits per heavy atom. The number of rotatable bonds is 5. The van der Waals surface area contributed by atoms with Crippen LogP contribution in [-0.2, 0) is 11.2 Å². The van der Waals surface area contributed by atoms with Gasteiger partial charge in [-0.2, -0.15) is 0 Å². The Morgan fingerprint density at radius 3 is 2.78 bits per heavy atom. The van der Waals surface area contributed by atoms with Gasteiger partial charge in [-0.1, -0.05) is 12.5 Å². The molecule has 0 spiro atoms. The third-order valence-electron chi connectivity index (χ3n) is 5.91. The van der Waals surface area contributed by atoms with Crippen LogP contribution in [0.4, 0.5) is 0 Å². The fourth-order valence-electron chi connectivity index (χ4n) is 4.05. The first-order valence-electron chi connectivity index (χ1n) is 9.89. The molecular weight excluding hydrogens is 354 g/mol. The van der Waals surface area contributed by atoms with Gasteiger partial charge in [-0.3, -0.25) is 14.8 Å². The largest absolute Gasteiger partial charge is 0.342 e. The molecule has 0 aromatic carbocycles. The Labute approximate surface area is 163 Å². The Balaban J connectivity index is 1.34. The van der Waals surface area contributed by atoms with Gasteiger partial charge in [0.05, 0.1) is 20.8 Å². The van der Waals surface area contributed by atoms with E-state index in [0.717, 1.165) is 37.1 Å². The second-order valence-corrected chi connectivity index (χ2v) is 8.69. The minimum Gasteiger partial charge on any atom is -0.342 e. The fraction of sp³-hybridized carbons (Fsp3) is 0.409. The van der Waals surface area contributed by atoms with Crippen LogP contribution in [0, 0.1) is 0 Å². The summed E-state index contributed by atoms with van der Waals surface area (Å²) in [6.07, 6.45) is 10.4. The summed E-state index contributed by atoms with van der Waals surface area (Å²) in [5.41, 5.74) is 4.76. The monoisotopic (exact) mass is 377 g/mol. The number of carbonyl (C=O) groups excluding carboxylic acids is 1. The Hall–Kier alpha value is -2.27. The maximum Gasteiger partial charge on any atom is 0.222 e. The number of fused-ring (bicyclic) bond motifs is 1. The normalized spacial score (nSPS) is 17.6. The molecule has 4 heterocycles. The first-order chi connectivity index (χ1) is 13.3. The predicted molar refractivity (Wildman–Crippen MR) is 109 cm³/mol. The summed E-state index contributed by atoms with van der Waals surface area (Å²) in [7, 11) is 0. The molecule has 2 aliphatic rings. The minimum absolute atomic E-state index is 0.291. The summed E-state index contributed by atoms with van der Waals surface area (Å²) in [6.45, 7) is 1.71. The average molecular weight is 378 g/mol. The van der Waals surface area contributed by atoms with Gasteiger partial charge in [0.1, 0.15) is 0 Å². The molecule has 1 aliphatic heterocycles. The minimum atomic E-state index is 0.291. The van der Waals surface area contributed by atoms with Crippen LogP contribution >= 0.6 is 11.3 Å². The van der Waals surface area contributed by atoms with Crippen molar-refractivity contribution in [1.29, 1.82) is 0 Å². The van der Waals surface area contributed by atoms with E-state index in [1.54, 1.807) is 0 Å². The fourth-order valence-corrected chi connectivity index (χ4v) is 5.23. The third-order valence-corrected chi connectivity index (χ3v) is 7.10. The quantitative estimate of drug-likeness (QED) is 0.642. The number of pyridine rings is 2. The molecule has 3 aromatic heterocycles. The Bertz CT molecular complexity index is 975. The van der Waals surface area contributed by atoms with Crippen molar-refractivity contribution in [3.05, 3.63) is 47.8 Å². The van der Waals surface area contributed by atoms with E-state index in [1.807, 2.05) is 28.6 Å². The number of thiophene rings is 1. The van der Waals surface area contributed by atoms with Gasteiger partial charge in [0.15, 0.2) is 0 Å². The van der Waals surface area contributed by atoms with E-state index in [9.17, 15) is 4.79 Å². The highest BCUT2D eigenvalue weighted by atomic mass is 32.1. The molecule has 1 amide bonds. The highest BCUT2D eigenvalue weighted by molar-refractivity contribution is 7.22. The van der Waals surface area contributed by atoms with Crippen LogP contribution in [-0.4, -0.2) is 33.9 Å². The molecular formula is C22H23N3OS. The van der Waals surface area contributed by atoms with Crippen LogP contribution in [0.3, 0.4) is 0 Å². The van der Waals surface area contributed by atoms with E-state index in [-0.39, 0.29) is 0 Å². The number of aromatic nitrogens is 2. The molecule has 1 saturated carbocycles. The van der Waals surface area contributed by atoms with Crippen molar-refractivity contribution in [3.8, 4) is 10.6 Å². The van der Waals surface area contributed by atoms with Crippen LogP contribution in [0.1, 0.15) is 49.1 Å². The summed E-state index contributed by atoms with van der Waals surface area (Å²) < 4.78 is 1.33. The number of carbonyl (C=O) groups is 1. The molecule has 3 aromatic rings. The number of hydrogen-bond acceptors (Lipinski definition) is 4. The van der Waals surface area contributed by atoms with Crippen molar-refractivity contribution in [1.82, 2.24) is 14.9 Å². The second-order valence-electron chi connectivity index (χ2n) is 7.64. The van der Waals surface area contributed by atoms with Gasteiger partial charge in [-0.05, 0) is 60.9 Å². The van der Waals surface area contributed by atoms with Crippen molar-refractivity contribution in [2.24, 2.45) is 0 Å². The van der Waals surface area contributed by atoms with E-state index in [2.05, 4.69) is 29.2 Å². The topological polar surface area (TPSA) is 46.1 Å². The number of hydrogen-bond donors (Lipinski definition) is 0. The summed E-state index contributed by atoms with van der Waals surface area (Å²) >= 11 is 1.82. The summed E-state index contributed by atoms with van der Waals surface area (Å²) in [6, 6.07) is 8.62. The van der Waals surface area contributed by atoms with Crippen LogP contribution < -0.4 is 0 Å². The SMILES string of the molecule is O=C1CCCN1CCc1ccc(-c2cc3nccc(C4CCC4)c3s2)nc1. The van der Waals surface area contributed by atoms with E-state index in [4.69, 9.17) is 4.98 Å². The lowest BCUT2D eigenvalue weighted by Gasteiger charge is -2.25. The van der Waals surface area contributed by atoms with Gasteiger partial charge < -0.3 is 4.90 Å². The van der Waals surface area contributed by atoms with E-state index in [0.29, 0.717) is 18.2 Å². The molecule has 138 valence electrons. The molecule has 0 radical (unpaired) electrons. The standard InChI is InChI=1S/C22H23N3OS/c26-21-5-2-11-25(21)12-9-15-6-7-18(24-14-15)20-13-19-22(27-20)17(8-10-23-19)16-3-1-4-16/h6-8,10,13-14,16H,1-5,9,11-12H2. The lowest BCUT2D eigenvalue weighted by Crippen LogP contribution is -2.26. The maximum atomic E-state index is 11.7. The molecule has 1 aliphatic carbocycles. The van der Waals surface area contributed by atoms with E-state index >= 15 is 0 Å². The molecule has 1 saturated heterocycles. The molecule has 4 nitrogen and oxygen atoms in total. The van der Waals surface area contributed by atoms with Gasteiger partial charge in [-0.15, -0.1) is 11.3 Å². The van der Waals surface area contributed by atoms with Gasteiger partial charge in [0.25, 0.3) is 0 Å². The van der Waals surface area contributed by atoms with Crippen molar-refractivity contribution in [2.45, 2.75) is 44.4 Å². The zero-order valence-corrected chi connectivity index (χ0v) is 16.2. The molecule has 5 rings (SSSR count). The first kappa shape index (κ1) is 16.9. The zero-order valence-electron chi connectivity index (χ0n) is 15.4. The lowest BCUT2D eigenvalue weighted by atomic mass is 9.80. The van der Waals surface area contributed by atoms with Crippen LogP contribution in [0.2, 0.25) is 0 Å². The third kappa shape index (κ3) is 3.25. The van der Waals surface area contributed by atoms with Crippen molar-refractivity contribution < 1.29 is 4.79 Å². The van der Waals surface area contributed by atoms with Crippen LogP contribution in [0.15, 0.2) is 36.7 Å². The smallest absolute Gasteiger partial charge is 0.222 e. The van der Waals surface area contributed by atoms with Gasteiger partial charge >= 0.3 is 0 Å².